The molecule has 12 N–H and O–H groups in total. The number of carboxylic acid groups (broad SMARTS) is 1. The van der Waals surface area contributed by atoms with Gasteiger partial charge in [-0.2, -0.15) is 0 Å². The van der Waals surface area contributed by atoms with Gasteiger partial charge in [-0.15, -0.1) is 0 Å². The summed E-state index contributed by atoms with van der Waals surface area (Å²) in [5, 5.41) is 32.8. The molecule has 22 heteroatoms. The lowest BCUT2D eigenvalue weighted by Crippen LogP contribution is -2.56. The number of amides is 9. The quantitative estimate of drug-likeness (QED) is 0.0590. The first-order valence-electron chi connectivity index (χ1n) is 16.7. The molecule has 0 saturated carbocycles. The largest absolute Gasteiger partial charge is 0.480 e. The van der Waals surface area contributed by atoms with E-state index < -0.39 is 115 Å². The molecular weight excluding hydrogens is 692 g/mol. The number of likely N-dealkylation sites (tertiary alicyclic amines) is 2. The second-order valence-corrected chi connectivity index (χ2v) is 12.3. The van der Waals surface area contributed by atoms with E-state index in [0.717, 1.165) is 0 Å². The summed E-state index contributed by atoms with van der Waals surface area (Å²) in [6.07, 6.45) is 0.889. The van der Waals surface area contributed by atoms with E-state index in [-0.39, 0.29) is 38.9 Å². The molecule has 0 radical (unpaired) electrons. The molecule has 290 valence electrons. The smallest absolute Gasteiger partial charge is 0.326 e. The molecule has 0 bridgehead atoms. The SMILES string of the molecule is C[C@H](NC(=O)CN)C(=O)N1CCC[C@H]1C(=O)NCC(=O)N[C@@H](C)C(=O)N1CCC[C@H]1C(=O)NCC(=O)N[C@@H](CO)C(=O)N[C@@H](CCC(N)=O)C(=O)O. The van der Waals surface area contributed by atoms with Crippen molar-refractivity contribution in [3.8, 4) is 0 Å². The lowest BCUT2D eigenvalue weighted by molar-refractivity contribution is -0.143. The van der Waals surface area contributed by atoms with Gasteiger partial charge in [-0.05, 0) is 46.0 Å². The van der Waals surface area contributed by atoms with Gasteiger partial charge >= 0.3 is 5.97 Å². The Bertz CT molecular complexity index is 1390. The molecule has 2 rings (SSSR count). The van der Waals surface area contributed by atoms with E-state index >= 15 is 0 Å². The molecule has 22 nitrogen and oxygen atoms in total. The molecule has 0 aromatic heterocycles. The van der Waals surface area contributed by atoms with Crippen LogP contribution in [-0.4, -0.2) is 155 Å². The summed E-state index contributed by atoms with van der Waals surface area (Å²) in [6.45, 7) is 0.914. The zero-order valence-corrected chi connectivity index (χ0v) is 29.0. The van der Waals surface area contributed by atoms with Crippen molar-refractivity contribution in [3.05, 3.63) is 0 Å². The molecule has 2 saturated heterocycles. The average Bonchev–Trinajstić information content (AvgIpc) is 3.80. The summed E-state index contributed by atoms with van der Waals surface area (Å²) in [5.41, 5.74) is 10.3. The Morgan fingerprint density at radius 3 is 1.60 bits per heavy atom. The molecule has 0 unspecified atom stereocenters. The minimum absolute atomic E-state index is 0.170. The molecule has 0 aromatic carbocycles. The monoisotopic (exact) mass is 740 g/mol. The summed E-state index contributed by atoms with van der Waals surface area (Å²) >= 11 is 0. The predicted octanol–water partition coefficient (Wildman–Crippen LogP) is -6.52. The van der Waals surface area contributed by atoms with Crippen LogP contribution in [0.4, 0.5) is 0 Å². The minimum atomic E-state index is -1.59. The zero-order chi connectivity index (χ0) is 39.1. The van der Waals surface area contributed by atoms with Crippen LogP contribution in [0.3, 0.4) is 0 Å². The maximum atomic E-state index is 13.2. The van der Waals surface area contributed by atoms with Crippen molar-refractivity contribution in [3.63, 3.8) is 0 Å². The average molecular weight is 741 g/mol. The molecule has 52 heavy (non-hydrogen) atoms. The van der Waals surface area contributed by atoms with Crippen LogP contribution in [-0.2, 0) is 47.9 Å². The highest BCUT2D eigenvalue weighted by Gasteiger charge is 2.38. The third-order valence-electron chi connectivity index (χ3n) is 8.33. The van der Waals surface area contributed by atoms with Crippen LogP contribution in [0.5, 0.6) is 0 Å². The van der Waals surface area contributed by atoms with Crippen molar-refractivity contribution in [2.75, 3.05) is 39.3 Å². The highest BCUT2D eigenvalue weighted by atomic mass is 16.4. The van der Waals surface area contributed by atoms with Gasteiger partial charge in [-0.3, -0.25) is 43.2 Å². The van der Waals surface area contributed by atoms with Gasteiger partial charge in [0.15, 0.2) is 0 Å². The van der Waals surface area contributed by atoms with Gasteiger partial charge in [0.1, 0.15) is 36.3 Å². The number of primary amides is 1. The topological polar surface area (TPSA) is 342 Å². The molecule has 6 atom stereocenters. The Morgan fingerprint density at radius 2 is 1.17 bits per heavy atom. The molecule has 0 aliphatic carbocycles. The number of rotatable bonds is 19. The van der Waals surface area contributed by atoms with Gasteiger partial charge in [-0.25, -0.2) is 4.79 Å². The number of carbonyl (C=O) groups excluding carboxylic acids is 9. The van der Waals surface area contributed by atoms with E-state index in [4.69, 9.17) is 11.5 Å². The van der Waals surface area contributed by atoms with Crippen LogP contribution in [0.2, 0.25) is 0 Å². The maximum absolute atomic E-state index is 13.2. The van der Waals surface area contributed by atoms with Crippen LogP contribution < -0.4 is 43.4 Å². The Labute approximate surface area is 298 Å². The number of aliphatic hydroxyl groups is 1. The lowest BCUT2D eigenvalue weighted by Gasteiger charge is -2.28. The summed E-state index contributed by atoms with van der Waals surface area (Å²) in [7, 11) is 0. The van der Waals surface area contributed by atoms with Crippen molar-refractivity contribution in [2.24, 2.45) is 11.5 Å². The molecule has 2 heterocycles. The van der Waals surface area contributed by atoms with Crippen LogP contribution in [0.25, 0.3) is 0 Å². The Balaban J connectivity index is 1.85. The molecule has 0 aromatic rings. The van der Waals surface area contributed by atoms with Crippen LogP contribution in [0.1, 0.15) is 52.4 Å². The Morgan fingerprint density at radius 1 is 0.712 bits per heavy atom. The summed E-state index contributed by atoms with van der Waals surface area (Å²) in [5.74, 6) is -7.86. The van der Waals surface area contributed by atoms with E-state index in [0.29, 0.717) is 19.3 Å². The molecule has 2 fully saturated rings. The van der Waals surface area contributed by atoms with Crippen LogP contribution >= 0.6 is 0 Å². The van der Waals surface area contributed by atoms with Crippen molar-refractivity contribution >= 4 is 59.1 Å². The Hall–Kier alpha value is -5.38. The predicted molar refractivity (Wildman–Crippen MR) is 177 cm³/mol. The number of hydrogen-bond acceptors (Lipinski definition) is 12. The van der Waals surface area contributed by atoms with Crippen molar-refractivity contribution in [1.82, 2.24) is 41.7 Å². The van der Waals surface area contributed by atoms with E-state index in [1.54, 1.807) is 0 Å². The van der Waals surface area contributed by atoms with Crippen LogP contribution in [0.15, 0.2) is 0 Å². The number of carbonyl (C=O) groups is 10. The number of nitrogens with one attached hydrogen (secondary N) is 6. The first-order valence-corrected chi connectivity index (χ1v) is 16.7. The fraction of sp³-hybridized carbons (Fsp3) is 0.667. The van der Waals surface area contributed by atoms with E-state index in [9.17, 15) is 58.2 Å². The number of nitrogens with zero attached hydrogens (tertiary/aromatic N) is 2. The summed E-state index contributed by atoms with van der Waals surface area (Å²) < 4.78 is 0. The molecule has 9 amide bonds. The van der Waals surface area contributed by atoms with Crippen molar-refractivity contribution in [2.45, 2.75) is 88.6 Å². The zero-order valence-electron chi connectivity index (χ0n) is 29.0. The molecule has 2 aliphatic rings. The normalized spacial score (nSPS) is 18.9. The van der Waals surface area contributed by atoms with Crippen LogP contribution in [0, 0.1) is 0 Å². The number of hydrogen-bond donors (Lipinski definition) is 10. The van der Waals surface area contributed by atoms with Crippen molar-refractivity contribution in [1.29, 1.82) is 0 Å². The second-order valence-electron chi connectivity index (χ2n) is 12.3. The summed E-state index contributed by atoms with van der Waals surface area (Å²) in [6, 6.07) is -6.99. The number of nitrogens with two attached hydrogens (primary N) is 2. The molecule has 2 aliphatic heterocycles. The molecular formula is C30H48N10O12. The van der Waals surface area contributed by atoms with E-state index in [1.165, 1.54) is 23.6 Å². The highest BCUT2D eigenvalue weighted by molar-refractivity contribution is 5.97. The van der Waals surface area contributed by atoms with Gasteiger partial charge < -0.3 is 63.4 Å². The lowest BCUT2D eigenvalue weighted by atomic mass is 10.1. The van der Waals surface area contributed by atoms with Gasteiger partial charge in [0, 0.05) is 19.5 Å². The third-order valence-corrected chi connectivity index (χ3v) is 8.33. The number of aliphatic hydroxyl groups excluding tert-OH is 1. The van der Waals surface area contributed by atoms with Gasteiger partial charge in [0.05, 0.1) is 26.2 Å². The van der Waals surface area contributed by atoms with Gasteiger partial charge in [0.25, 0.3) is 0 Å². The number of carboxylic acids is 1. The van der Waals surface area contributed by atoms with E-state index in [1.807, 2.05) is 0 Å². The fourth-order valence-electron chi connectivity index (χ4n) is 5.65. The fourth-order valence-corrected chi connectivity index (χ4v) is 5.65. The van der Waals surface area contributed by atoms with Gasteiger partial charge in [-0.1, -0.05) is 0 Å². The maximum Gasteiger partial charge on any atom is 0.326 e. The highest BCUT2D eigenvalue weighted by Crippen LogP contribution is 2.20. The van der Waals surface area contributed by atoms with Gasteiger partial charge in [0.2, 0.25) is 53.2 Å². The molecule has 0 spiro atoms. The first-order chi connectivity index (χ1) is 24.5. The third kappa shape index (κ3) is 12.7. The summed E-state index contributed by atoms with van der Waals surface area (Å²) in [4.78, 5) is 126. The number of aliphatic carboxylic acids is 1. The minimum Gasteiger partial charge on any atom is -0.480 e. The van der Waals surface area contributed by atoms with Crippen molar-refractivity contribution < 1.29 is 58.2 Å². The second kappa shape index (κ2) is 20.5. The standard InChI is InChI=1S/C30H48N10O12/c1-15(35-22(43)11-31)28(49)39-9-3-5-19(39)26(47)33-12-23(44)36-16(2)29(50)40-10-4-6-20(40)27(48)34-13-24(45)37-18(14-41)25(46)38-17(30(51)52)7-8-21(32)42/h15-20,41H,3-14,31H2,1-2H3,(H2,32,42)(H,33,47)(H,34,48)(H,35,43)(H,36,44)(H,37,45)(H,38,46)(H,51,52)/t15-,16-,17-,18-,19-,20-/m0/s1. The Kier molecular flexibility index (Phi) is 16.8. The first kappa shape index (κ1) is 42.8. The van der Waals surface area contributed by atoms with E-state index in [2.05, 4.69) is 31.9 Å².